The second-order valence-corrected chi connectivity index (χ2v) is 7.16. The lowest BCUT2D eigenvalue weighted by Gasteiger charge is -2.04. The summed E-state index contributed by atoms with van der Waals surface area (Å²) in [6.07, 6.45) is 2.12. The Hall–Kier alpha value is -2.60. The van der Waals surface area contributed by atoms with Crippen LogP contribution in [0.25, 0.3) is 11.1 Å². The fourth-order valence-electron chi connectivity index (χ4n) is 2.89. The fourth-order valence-corrected chi connectivity index (χ4v) is 3.75. The number of rotatable bonds is 5. The highest BCUT2D eigenvalue weighted by atomic mass is 32.2. The van der Waals surface area contributed by atoms with Gasteiger partial charge in [-0.05, 0) is 36.1 Å². The van der Waals surface area contributed by atoms with Crippen molar-refractivity contribution in [3.8, 4) is 0 Å². The maximum atomic E-state index is 11.7. The molecule has 0 bridgehead atoms. The van der Waals surface area contributed by atoms with Crippen molar-refractivity contribution in [1.82, 2.24) is 10.3 Å². The molecule has 1 aromatic heterocycles. The summed E-state index contributed by atoms with van der Waals surface area (Å²) in [6, 6.07) is 16.0. The van der Waals surface area contributed by atoms with E-state index in [2.05, 4.69) is 22.4 Å². The molecule has 0 spiro atoms. The second kappa shape index (κ2) is 6.72. The largest absolute Gasteiger partial charge is 0.441 e. The number of benzene rings is 2. The maximum Gasteiger partial charge on any atom is 0.286 e. The standard InChI is InChI=1S/C19H16N2O3S/c22-18-16(25-19(23)21-18)11-13-6-8-15-14(10-13)20-17(24-15)9-7-12-4-2-1-3-5-12/h1-6,8,10,16H,7,9,11H2,(H,21,22,23). The molecule has 0 aliphatic carbocycles. The molecule has 1 aliphatic heterocycles. The Kier molecular flexibility index (Phi) is 4.28. The minimum absolute atomic E-state index is 0.223. The average molecular weight is 352 g/mol. The van der Waals surface area contributed by atoms with E-state index in [0.717, 1.165) is 41.3 Å². The normalized spacial score (nSPS) is 17.2. The van der Waals surface area contributed by atoms with Gasteiger partial charge in [-0.15, -0.1) is 0 Å². The Labute approximate surface area is 148 Å². The highest BCUT2D eigenvalue weighted by Crippen LogP contribution is 2.25. The van der Waals surface area contributed by atoms with Crippen LogP contribution in [0.2, 0.25) is 0 Å². The molecule has 0 radical (unpaired) electrons. The third kappa shape index (κ3) is 3.58. The van der Waals surface area contributed by atoms with Crippen molar-refractivity contribution in [1.29, 1.82) is 0 Å². The minimum Gasteiger partial charge on any atom is -0.441 e. The predicted molar refractivity (Wildman–Crippen MR) is 96.5 cm³/mol. The Bertz CT molecular complexity index is 936. The van der Waals surface area contributed by atoms with Crippen LogP contribution in [0, 0.1) is 0 Å². The predicted octanol–water partition coefficient (Wildman–Crippen LogP) is 3.51. The van der Waals surface area contributed by atoms with Crippen LogP contribution < -0.4 is 5.32 Å². The fraction of sp³-hybridized carbons (Fsp3) is 0.211. The second-order valence-electron chi connectivity index (χ2n) is 5.98. The third-order valence-corrected chi connectivity index (χ3v) is 5.14. The summed E-state index contributed by atoms with van der Waals surface area (Å²) >= 11 is 1.04. The lowest BCUT2D eigenvalue weighted by atomic mass is 10.1. The third-order valence-electron chi connectivity index (χ3n) is 4.15. The molecule has 2 aromatic carbocycles. The highest BCUT2D eigenvalue weighted by molar-refractivity contribution is 8.15. The summed E-state index contributed by atoms with van der Waals surface area (Å²) < 4.78 is 5.80. The van der Waals surface area contributed by atoms with Crippen LogP contribution in [-0.4, -0.2) is 21.4 Å². The van der Waals surface area contributed by atoms with Crippen molar-refractivity contribution in [3.05, 3.63) is 65.5 Å². The van der Waals surface area contributed by atoms with Gasteiger partial charge in [0.1, 0.15) is 5.52 Å². The molecule has 2 heterocycles. The van der Waals surface area contributed by atoms with Gasteiger partial charge in [-0.3, -0.25) is 14.9 Å². The first-order chi connectivity index (χ1) is 12.2. The summed E-state index contributed by atoms with van der Waals surface area (Å²) in [4.78, 5) is 27.5. The zero-order valence-electron chi connectivity index (χ0n) is 13.4. The number of nitrogens with one attached hydrogen (secondary N) is 1. The van der Waals surface area contributed by atoms with Gasteiger partial charge in [0.05, 0.1) is 5.25 Å². The summed E-state index contributed by atoms with van der Waals surface area (Å²) in [5, 5.41) is 1.67. The molecular formula is C19H16N2O3S. The molecule has 25 heavy (non-hydrogen) atoms. The first-order valence-corrected chi connectivity index (χ1v) is 8.99. The van der Waals surface area contributed by atoms with Crippen molar-refractivity contribution in [2.24, 2.45) is 0 Å². The van der Waals surface area contributed by atoms with Gasteiger partial charge < -0.3 is 4.42 Å². The number of thioether (sulfide) groups is 1. The van der Waals surface area contributed by atoms with Gasteiger partial charge in [-0.1, -0.05) is 48.2 Å². The zero-order chi connectivity index (χ0) is 17.2. The van der Waals surface area contributed by atoms with Crippen molar-refractivity contribution in [2.45, 2.75) is 24.5 Å². The van der Waals surface area contributed by atoms with Crippen LogP contribution in [0.4, 0.5) is 4.79 Å². The number of hydrogen-bond donors (Lipinski definition) is 1. The number of oxazole rings is 1. The SMILES string of the molecule is O=C1NC(=O)C(Cc2ccc3oc(CCc4ccccc4)nc3c2)S1. The molecular weight excluding hydrogens is 336 g/mol. The number of aryl methyl sites for hydroxylation is 2. The van der Waals surface area contributed by atoms with Crippen LogP contribution in [-0.2, 0) is 24.1 Å². The molecule has 1 saturated heterocycles. The van der Waals surface area contributed by atoms with E-state index in [0.29, 0.717) is 12.3 Å². The number of aromatic nitrogens is 1. The molecule has 1 fully saturated rings. The van der Waals surface area contributed by atoms with Gasteiger partial charge in [-0.25, -0.2) is 4.98 Å². The topological polar surface area (TPSA) is 72.2 Å². The number of fused-ring (bicyclic) bond motifs is 1. The Morgan fingerprint density at radius 1 is 1.04 bits per heavy atom. The van der Waals surface area contributed by atoms with Crippen LogP contribution in [0.1, 0.15) is 17.0 Å². The van der Waals surface area contributed by atoms with E-state index in [1.807, 2.05) is 36.4 Å². The van der Waals surface area contributed by atoms with Gasteiger partial charge in [0.2, 0.25) is 5.91 Å². The summed E-state index contributed by atoms with van der Waals surface area (Å²) in [5.74, 6) is 0.484. The number of carbonyl (C=O) groups excluding carboxylic acids is 2. The van der Waals surface area contributed by atoms with E-state index in [-0.39, 0.29) is 16.4 Å². The molecule has 6 heteroatoms. The van der Waals surface area contributed by atoms with Gasteiger partial charge in [-0.2, -0.15) is 0 Å². The smallest absolute Gasteiger partial charge is 0.286 e. The zero-order valence-corrected chi connectivity index (χ0v) is 14.2. The first-order valence-electron chi connectivity index (χ1n) is 8.11. The van der Waals surface area contributed by atoms with Crippen molar-refractivity contribution in [3.63, 3.8) is 0 Å². The summed E-state index contributed by atoms with van der Waals surface area (Å²) in [7, 11) is 0. The molecule has 1 N–H and O–H groups in total. The Balaban J connectivity index is 1.47. The van der Waals surface area contributed by atoms with Crippen molar-refractivity contribution in [2.75, 3.05) is 0 Å². The van der Waals surface area contributed by atoms with Gasteiger partial charge >= 0.3 is 0 Å². The van der Waals surface area contributed by atoms with Crippen molar-refractivity contribution < 1.29 is 14.0 Å². The quantitative estimate of drug-likeness (QED) is 0.761. The van der Waals surface area contributed by atoms with Crippen LogP contribution in [0.3, 0.4) is 0 Å². The Morgan fingerprint density at radius 2 is 1.88 bits per heavy atom. The molecule has 4 rings (SSSR count). The van der Waals surface area contributed by atoms with Crippen LogP contribution in [0.5, 0.6) is 0 Å². The molecule has 1 atom stereocenters. The van der Waals surface area contributed by atoms with E-state index in [1.54, 1.807) is 0 Å². The summed E-state index contributed by atoms with van der Waals surface area (Å²) in [5.41, 5.74) is 3.75. The molecule has 2 amide bonds. The number of carbonyl (C=O) groups is 2. The first kappa shape index (κ1) is 15.9. The number of hydrogen-bond acceptors (Lipinski definition) is 5. The van der Waals surface area contributed by atoms with Gasteiger partial charge in [0, 0.05) is 6.42 Å². The minimum atomic E-state index is -0.366. The van der Waals surface area contributed by atoms with Gasteiger partial charge in [0.15, 0.2) is 11.5 Å². The average Bonchev–Trinajstić information content (AvgIpc) is 3.16. The molecule has 126 valence electrons. The van der Waals surface area contributed by atoms with Crippen molar-refractivity contribution >= 4 is 34.0 Å². The van der Waals surface area contributed by atoms with E-state index in [1.165, 1.54) is 5.56 Å². The van der Waals surface area contributed by atoms with E-state index in [9.17, 15) is 9.59 Å². The van der Waals surface area contributed by atoms with Gasteiger partial charge in [0.25, 0.3) is 5.24 Å². The van der Waals surface area contributed by atoms with Crippen LogP contribution in [0.15, 0.2) is 52.9 Å². The maximum absolute atomic E-state index is 11.7. The molecule has 3 aromatic rings. The van der Waals surface area contributed by atoms with E-state index < -0.39 is 0 Å². The lowest BCUT2D eigenvalue weighted by Crippen LogP contribution is -2.25. The van der Waals surface area contributed by atoms with E-state index in [4.69, 9.17) is 4.42 Å². The molecule has 5 nitrogen and oxygen atoms in total. The lowest BCUT2D eigenvalue weighted by molar-refractivity contribution is -0.118. The molecule has 1 unspecified atom stereocenters. The van der Waals surface area contributed by atoms with E-state index >= 15 is 0 Å². The number of amides is 2. The number of nitrogens with zero attached hydrogens (tertiary/aromatic N) is 1. The molecule has 0 saturated carbocycles. The monoisotopic (exact) mass is 352 g/mol. The summed E-state index contributed by atoms with van der Waals surface area (Å²) in [6.45, 7) is 0. The Morgan fingerprint density at radius 3 is 2.64 bits per heavy atom. The molecule has 1 aliphatic rings. The highest BCUT2D eigenvalue weighted by Gasteiger charge is 2.31. The van der Waals surface area contributed by atoms with Crippen LogP contribution >= 0.6 is 11.8 Å². The number of imide groups is 1.